The Labute approximate surface area is 105 Å². The Bertz CT molecular complexity index is 296. The summed E-state index contributed by atoms with van der Waals surface area (Å²) in [6, 6.07) is 4.10. The van der Waals surface area contributed by atoms with E-state index in [1.54, 1.807) is 0 Å². The van der Waals surface area contributed by atoms with Gasteiger partial charge < -0.3 is 9.73 Å². The van der Waals surface area contributed by atoms with Crippen LogP contribution in [0.1, 0.15) is 37.2 Å². The first-order valence-corrected chi connectivity index (χ1v) is 6.61. The largest absolute Gasteiger partial charge is 0.465 e. The molecule has 1 N–H and O–H groups in total. The summed E-state index contributed by atoms with van der Waals surface area (Å²) in [5.41, 5.74) is 0. The Balaban J connectivity index is 2.03. The highest BCUT2D eigenvalue weighted by molar-refractivity contribution is 5.05. The van der Waals surface area contributed by atoms with E-state index < -0.39 is 0 Å². The molecule has 0 aromatic carbocycles. The predicted molar refractivity (Wildman–Crippen MR) is 72.2 cm³/mol. The lowest BCUT2D eigenvalue weighted by molar-refractivity contribution is 0.285. The minimum absolute atomic E-state index is 0.921. The van der Waals surface area contributed by atoms with E-state index in [9.17, 15) is 0 Å². The summed E-state index contributed by atoms with van der Waals surface area (Å²) in [7, 11) is 4.17. The Kier molecular flexibility index (Phi) is 6.97. The molecule has 0 saturated heterocycles. The number of hydrogen-bond donors (Lipinski definition) is 1. The maximum atomic E-state index is 5.56. The van der Waals surface area contributed by atoms with Gasteiger partial charge in [0.1, 0.15) is 11.5 Å². The number of hydrogen-bond acceptors (Lipinski definition) is 3. The average molecular weight is 238 g/mol. The van der Waals surface area contributed by atoms with Crippen LogP contribution in [0.4, 0.5) is 0 Å². The van der Waals surface area contributed by atoms with Crippen LogP contribution < -0.4 is 5.32 Å². The summed E-state index contributed by atoms with van der Waals surface area (Å²) in [5, 5.41) is 3.18. The maximum absolute atomic E-state index is 5.56. The lowest BCUT2D eigenvalue weighted by Gasteiger charge is -2.14. The normalized spacial score (nSPS) is 11.3. The molecule has 98 valence electrons. The summed E-state index contributed by atoms with van der Waals surface area (Å²) < 4.78 is 5.56. The minimum atomic E-state index is 0.921. The summed E-state index contributed by atoms with van der Waals surface area (Å²) >= 11 is 0. The molecule has 3 nitrogen and oxygen atoms in total. The van der Waals surface area contributed by atoms with Gasteiger partial charge in [0.15, 0.2) is 0 Å². The molecule has 0 unspecified atom stereocenters. The minimum Gasteiger partial charge on any atom is -0.465 e. The van der Waals surface area contributed by atoms with E-state index in [0.29, 0.717) is 0 Å². The van der Waals surface area contributed by atoms with E-state index in [1.807, 2.05) is 20.0 Å². The summed E-state index contributed by atoms with van der Waals surface area (Å²) in [6.07, 6.45) is 5.22. The molecular formula is C14H26N2O. The molecule has 0 bridgehead atoms. The molecule has 0 saturated carbocycles. The molecule has 3 heteroatoms. The van der Waals surface area contributed by atoms with Crippen molar-refractivity contribution in [1.29, 1.82) is 0 Å². The van der Waals surface area contributed by atoms with Crippen molar-refractivity contribution in [3.8, 4) is 0 Å². The predicted octanol–water partition coefficient (Wildman–Crippen LogP) is 2.80. The second-order valence-electron chi connectivity index (χ2n) is 4.77. The standard InChI is InChI=1S/C14H26N2O/c1-13-8-9-14(17-13)12-16(3)11-7-5-4-6-10-15-2/h8-9,15H,4-7,10-12H2,1-3H3. The zero-order valence-electron chi connectivity index (χ0n) is 11.5. The number of furan rings is 1. The van der Waals surface area contributed by atoms with Gasteiger partial charge in [-0.15, -0.1) is 0 Å². The molecule has 0 aliphatic carbocycles. The highest BCUT2D eigenvalue weighted by atomic mass is 16.3. The topological polar surface area (TPSA) is 28.4 Å². The van der Waals surface area contributed by atoms with Crippen molar-refractivity contribution >= 4 is 0 Å². The molecule has 17 heavy (non-hydrogen) atoms. The number of aryl methyl sites for hydroxylation is 1. The first-order valence-electron chi connectivity index (χ1n) is 6.61. The molecule has 0 radical (unpaired) electrons. The summed E-state index contributed by atoms with van der Waals surface area (Å²) in [5.74, 6) is 2.07. The van der Waals surface area contributed by atoms with Crippen LogP contribution in [0.15, 0.2) is 16.5 Å². The van der Waals surface area contributed by atoms with Crippen molar-refractivity contribution < 1.29 is 4.42 Å². The van der Waals surface area contributed by atoms with E-state index in [1.165, 1.54) is 25.7 Å². The quantitative estimate of drug-likeness (QED) is 0.671. The third-order valence-electron chi connectivity index (χ3n) is 2.94. The van der Waals surface area contributed by atoms with Crippen LogP contribution in [0.25, 0.3) is 0 Å². The van der Waals surface area contributed by atoms with Gasteiger partial charge in [-0.2, -0.15) is 0 Å². The van der Waals surface area contributed by atoms with Gasteiger partial charge in [0.05, 0.1) is 6.54 Å². The molecule has 1 aromatic rings. The molecule has 0 amide bonds. The number of rotatable bonds is 9. The molecule has 1 rings (SSSR count). The smallest absolute Gasteiger partial charge is 0.118 e. The van der Waals surface area contributed by atoms with Crippen LogP contribution in [0.5, 0.6) is 0 Å². The van der Waals surface area contributed by atoms with Crippen molar-refractivity contribution in [2.24, 2.45) is 0 Å². The first kappa shape index (κ1) is 14.3. The Hall–Kier alpha value is -0.800. The van der Waals surface area contributed by atoms with Crippen LogP contribution >= 0.6 is 0 Å². The zero-order chi connectivity index (χ0) is 12.5. The SMILES string of the molecule is CNCCCCCCN(C)Cc1ccc(C)o1. The molecule has 1 heterocycles. The van der Waals surface area contributed by atoms with E-state index >= 15 is 0 Å². The molecule has 0 spiro atoms. The third-order valence-corrected chi connectivity index (χ3v) is 2.94. The Morgan fingerprint density at radius 3 is 2.59 bits per heavy atom. The maximum Gasteiger partial charge on any atom is 0.118 e. The molecular weight excluding hydrogens is 212 g/mol. The molecule has 0 aliphatic rings. The van der Waals surface area contributed by atoms with Gasteiger partial charge >= 0.3 is 0 Å². The Morgan fingerprint density at radius 2 is 1.94 bits per heavy atom. The molecule has 1 aromatic heterocycles. The summed E-state index contributed by atoms with van der Waals surface area (Å²) in [4.78, 5) is 2.33. The van der Waals surface area contributed by atoms with Gasteiger partial charge in [-0.25, -0.2) is 0 Å². The molecule has 0 atom stereocenters. The van der Waals surface area contributed by atoms with Crippen LogP contribution in [0.2, 0.25) is 0 Å². The van der Waals surface area contributed by atoms with Crippen LogP contribution in [0, 0.1) is 6.92 Å². The van der Waals surface area contributed by atoms with Gasteiger partial charge in [0.2, 0.25) is 0 Å². The van der Waals surface area contributed by atoms with Gasteiger partial charge in [-0.1, -0.05) is 12.8 Å². The summed E-state index contributed by atoms with van der Waals surface area (Å²) in [6.45, 7) is 5.20. The van der Waals surface area contributed by atoms with E-state index in [-0.39, 0.29) is 0 Å². The van der Waals surface area contributed by atoms with Crippen molar-refractivity contribution in [2.75, 3.05) is 27.2 Å². The first-order chi connectivity index (χ1) is 8.22. The highest BCUT2D eigenvalue weighted by Crippen LogP contribution is 2.09. The van der Waals surface area contributed by atoms with E-state index in [4.69, 9.17) is 4.42 Å². The van der Waals surface area contributed by atoms with Crippen LogP contribution in [0.3, 0.4) is 0 Å². The fourth-order valence-electron chi connectivity index (χ4n) is 1.95. The average Bonchev–Trinajstić information content (AvgIpc) is 2.69. The third kappa shape index (κ3) is 6.49. The lowest BCUT2D eigenvalue weighted by Crippen LogP contribution is -2.18. The van der Waals surface area contributed by atoms with Gasteiger partial charge in [0.25, 0.3) is 0 Å². The highest BCUT2D eigenvalue weighted by Gasteiger charge is 2.03. The van der Waals surface area contributed by atoms with Crippen LogP contribution in [-0.4, -0.2) is 32.1 Å². The van der Waals surface area contributed by atoms with Gasteiger partial charge in [-0.3, -0.25) is 4.90 Å². The second-order valence-corrected chi connectivity index (χ2v) is 4.77. The van der Waals surface area contributed by atoms with E-state index in [2.05, 4.69) is 23.3 Å². The van der Waals surface area contributed by atoms with Crippen molar-refractivity contribution in [3.63, 3.8) is 0 Å². The van der Waals surface area contributed by atoms with E-state index in [0.717, 1.165) is 31.2 Å². The van der Waals surface area contributed by atoms with Crippen LogP contribution in [-0.2, 0) is 6.54 Å². The van der Waals surface area contributed by atoms with Crippen molar-refractivity contribution in [3.05, 3.63) is 23.7 Å². The molecule has 0 aliphatic heterocycles. The van der Waals surface area contributed by atoms with Gasteiger partial charge in [-0.05, 0) is 59.1 Å². The fourth-order valence-corrected chi connectivity index (χ4v) is 1.95. The van der Waals surface area contributed by atoms with Crippen molar-refractivity contribution in [1.82, 2.24) is 10.2 Å². The van der Waals surface area contributed by atoms with Gasteiger partial charge in [0, 0.05) is 0 Å². The Morgan fingerprint density at radius 1 is 1.18 bits per heavy atom. The molecule has 0 fully saturated rings. The monoisotopic (exact) mass is 238 g/mol. The second kappa shape index (κ2) is 8.31. The van der Waals surface area contributed by atoms with Crippen molar-refractivity contribution in [2.45, 2.75) is 39.2 Å². The number of nitrogens with zero attached hydrogens (tertiary/aromatic N) is 1. The lowest BCUT2D eigenvalue weighted by atomic mass is 10.2. The fraction of sp³-hybridized carbons (Fsp3) is 0.714. The number of unbranched alkanes of at least 4 members (excludes halogenated alkanes) is 3. The number of nitrogens with one attached hydrogen (secondary N) is 1. The zero-order valence-corrected chi connectivity index (χ0v) is 11.5.